The largest absolute Gasteiger partial charge is 0.496 e. The van der Waals surface area contributed by atoms with Crippen molar-refractivity contribution < 1.29 is 42.1 Å². The summed E-state index contributed by atoms with van der Waals surface area (Å²) < 4.78 is 44.8. The highest BCUT2D eigenvalue weighted by Gasteiger charge is 2.62. The Kier molecular flexibility index (Phi) is 9.06. The summed E-state index contributed by atoms with van der Waals surface area (Å²) in [6, 6.07) is 4.07. The molecule has 1 aliphatic heterocycles. The number of carbonyl (C=O) groups excluding carboxylic acids is 3. The molecule has 1 aromatic heterocycles. The van der Waals surface area contributed by atoms with E-state index in [0.29, 0.717) is 47.7 Å². The number of hydrogen-bond donors (Lipinski definition) is 3. The van der Waals surface area contributed by atoms with Crippen LogP contribution < -0.4 is 24.2 Å². The van der Waals surface area contributed by atoms with Gasteiger partial charge >= 0.3 is 0 Å². The zero-order valence-corrected chi connectivity index (χ0v) is 27.2. The maximum absolute atomic E-state index is 13.9. The monoisotopic (exact) mass is 656 g/mol. The maximum Gasteiger partial charge on any atom is 0.259 e. The molecule has 0 spiro atoms. The quantitative estimate of drug-likeness (QED) is 0.270. The van der Waals surface area contributed by atoms with E-state index in [-0.39, 0.29) is 25.0 Å². The number of likely N-dealkylation sites (tertiary alicyclic amines) is 1. The van der Waals surface area contributed by atoms with Crippen molar-refractivity contribution >= 4 is 38.6 Å². The minimum atomic E-state index is -3.87. The number of rotatable bonds is 13. The fourth-order valence-electron chi connectivity index (χ4n) is 5.84. The molecule has 5 rings (SSSR count). The lowest BCUT2D eigenvalue weighted by molar-refractivity contribution is -0.144. The van der Waals surface area contributed by atoms with Crippen LogP contribution in [0.4, 0.5) is 0 Å². The molecule has 3 N–H and O–H groups in total. The van der Waals surface area contributed by atoms with Gasteiger partial charge in [-0.25, -0.2) is 13.4 Å². The van der Waals surface area contributed by atoms with E-state index in [2.05, 4.69) is 28.2 Å². The summed E-state index contributed by atoms with van der Waals surface area (Å²) in [7, 11) is -2.31. The third-order valence-corrected chi connectivity index (χ3v) is 10.5. The van der Waals surface area contributed by atoms with Crippen LogP contribution in [0.25, 0.3) is 10.9 Å². The van der Waals surface area contributed by atoms with Crippen molar-refractivity contribution in [2.75, 3.05) is 20.3 Å². The smallest absolute Gasteiger partial charge is 0.259 e. The van der Waals surface area contributed by atoms with Crippen LogP contribution in [0.5, 0.6) is 17.4 Å². The summed E-state index contributed by atoms with van der Waals surface area (Å²) >= 11 is 0. The van der Waals surface area contributed by atoms with Gasteiger partial charge in [0.1, 0.15) is 29.2 Å². The number of benzene rings is 1. The topological polar surface area (TPSA) is 173 Å². The molecule has 0 radical (unpaired) electrons. The van der Waals surface area contributed by atoms with Gasteiger partial charge in [0.15, 0.2) is 6.10 Å². The Bertz CT molecular complexity index is 1710. The molecule has 2 aliphatic carbocycles. The van der Waals surface area contributed by atoms with Crippen molar-refractivity contribution in [2.24, 2.45) is 5.92 Å². The molecule has 3 amide bonds. The maximum atomic E-state index is 13.9. The number of aromatic nitrogens is 1. The van der Waals surface area contributed by atoms with Gasteiger partial charge in [0.25, 0.3) is 11.8 Å². The number of aliphatic hydroxyl groups is 1. The van der Waals surface area contributed by atoms with Gasteiger partial charge in [0.05, 0.1) is 31.0 Å². The molecular formula is C32H40N4O9S. The number of carbonyl (C=O) groups is 3. The highest BCUT2D eigenvalue weighted by Crippen LogP contribution is 2.45. The Labute approximate surface area is 268 Å². The minimum absolute atomic E-state index is 0.0141. The molecule has 2 saturated carbocycles. The number of aryl methyl sites for hydroxylation is 1. The average molecular weight is 657 g/mol. The second-order valence-corrected chi connectivity index (χ2v) is 14.1. The molecule has 2 aromatic rings. The Morgan fingerprint density at radius 2 is 1.98 bits per heavy atom. The van der Waals surface area contributed by atoms with E-state index in [0.717, 1.165) is 5.56 Å². The molecule has 1 aromatic carbocycles. The van der Waals surface area contributed by atoms with Gasteiger partial charge in [-0.3, -0.25) is 19.1 Å². The van der Waals surface area contributed by atoms with E-state index in [1.165, 1.54) is 17.9 Å². The van der Waals surface area contributed by atoms with E-state index < -0.39 is 62.7 Å². The van der Waals surface area contributed by atoms with Gasteiger partial charge in [0, 0.05) is 29.4 Å². The van der Waals surface area contributed by atoms with Crippen LogP contribution in [0.15, 0.2) is 43.0 Å². The first-order valence-electron chi connectivity index (χ1n) is 15.2. The van der Waals surface area contributed by atoms with E-state index in [1.54, 1.807) is 25.3 Å². The Morgan fingerprint density at radius 3 is 2.57 bits per heavy atom. The zero-order chi connectivity index (χ0) is 33.6. The lowest BCUT2D eigenvalue weighted by atomic mass is 10.1. The highest BCUT2D eigenvalue weighted by atomic mass is 32.2. The predicted octanol–water partition coefficient (Wildman–Crippen LogP) is 1.91. The predicted molar refractivity (Wildman–Crippen MR) is 169 cm³/mol. The lowest BCUT2D eigenvalue weighted by Crippen LogP contribution is -2.57. The molecule has 3 fully saturated rings. The first kappa shape index (κ1) is 33.2. The number of aliphatic hydroxyl groups excluding tert-OH is 1. The summed E-state index contributed by atoms with van der Waals surface area (Å²) in [6.07, 6.45) is 0.288. The number of amides is 3. The number of hydrogen-bond acceptors (Lipinski definition) is 10. The van der Waals surface area contributed by atoms with Crippen molar-refractivity contribution in [1.29, 1.82) is 0 Å². The van der Waals surface area contributed by atoms with E-state index in [4.69, 9.17) is 14.2 Å². The number of pyridine rings is 1. The second-order valence-electron chi connectivity index (χ2n) is 12.1. The van der Waals surface area contributed by atoms with Crippen LogP contribution in [0.1, 0.15) is 45.1 Å². The Balaban J connectivity index is 1.44. The average Bonchev–Trinajstić information content (AvgIpc) is 3.94. The molecule has 2 heterocycles. The van der Waals surface area contributed by atoms with Crippen molar-refractivity contribution in [3.8, 4) is 17.4 Å². The van der Waals surface area contributed by atoms with Crippen molar-refractivity contribution in [3.63, 3.8) is 0 Å². The summed E-state index contributed by atoms with van der Waals surface area (Å²) in [6.45, 7) is 12.9. The molecule has 1 saturated heterocycles. The van der Waals surface area contributed by atoms with E-state index in [9.17, 15) is 27.9 Å². The van der Waals surface area contributed by atoms with E-state index in [1.807, 2.05) is 13.8 Å². The lowest BCUT2D eigenvalue weighted by Gasteiger charge is -2.28. The van der Waals surface area contributed by atoms with Gasteiger partial charge in [-0.2, -0.15) is 0 Å². The van der Waals surface area contributed by atoms with Crippen LogP contribution in [-0.2, 0) is 24.4 Å². The molecule has 5 atom stereocenters. The van der Waals surface area contributed by atoms with Gasteiger partial charge in [-0.05, 0) is 57.7 Å². The third-order valence-electron chi connectivity index (χ3n) is 8.73. The van der Waals surface area contributed by atoms with Crippen LogP contribution >= 0.6 is 0 Å². The van der Waals surface area contributed by atoms with Gasteiger partial charge in [-0.1, -0.05) is 12.7 Å². The van der Waals surface area contributed by atoms with Crippen LogP contribution in [0.3, 0.4) is 0 Å². The van der Waals surface area contributed by atoms with Gasteiger partial charge in [-0.15, -0.1) is 6.58 Å². The first-order valence-corrected chi connectivity index (χ1v) is 16.7. The van der Waals surface area contributed by atoms with E-state index >= 15 is 0 Å². The SMILES string of the molecule is C=CC1C[C@]1(NC(=O)[C@@H]1C[C@@H](Oc2cc(OCC)nc3c(C)c(OC)ccc23)CN1C(=O)[C@@H](O)C(=C)C)C(=O)NS(=O)(=O)C1CC1. The molecular weight excluding hydrogens is 616 g/mol. The molecule has 1 unspecified atom stereocenters. The van der Waals surface area contributed by atoms with Crippen LogP contribution in [0.2, 0.25) is 0 Å². The van der Waals surface area contributed by atoms with Gasteiger partial charge < -0.3 is 29.5 Å². The van der Waals surface area contributed by atoms with Crippen LogP contribution in [-0.4, -0.2) is 90.4 Å². The molecule has 46 heavy (non-hydrogen) atoms. The number of methoxy groups -OCH3 is 1. The summed E-state index contributed by atoms with van der Waals surface area (Å²) in [5.41, 5.74) is 0.0158. The third kappa shape index (κ3) is 6.27. The minimum Gasteiger partial charge on any atom is -0.496 e. The fraction of sp³-hybridized carbons (Fsp3) is 0.500. The van der Waals surface area contributed by atoms with Crippen molar-refractivity contribution in [2.45, 2.75) is 75.5 Å². The molecule has 3 aliphatic rings. The Morgan fingerprint density at radius 1 is 1.26 bits per heavy atom. The summed E-state index contributed by atoms with van der Waals surface area (Å²) in [4.78, 5) is 46.4. The van der Waals surface area contributed by atoms with Crippen molar-refractivity contribution in [1.82, 2.24) is 19.9 Å². The highest BCUT2D eigenvalue weighted by molar-refractivity contribution is 7.91. The van der Waals surface area contributed by atoms with Crippen LogP contribution in [0, 0.1) is 12.8 Å². The zero-order valence-electron chi connectivity index (χ0n) is 26.4. The second kappa shape index (κ2) is 12.6. The summed E-state index contributed by atoms with van der Waals surface area (Å²) in [5.74, 6) is -1.44. The summed E-state index contributed by atoms with van der Waals surface area (Å²) in [5, 5.41) is 13.4. The fourth-order valence-corrected chi connectivity index (χ4v) is 7.20. The number of nitrogens with one attached hydrogen (secondary N) is 2. The normalized spacial score (nSPS) is 24.5. The number of fused-ring (bicyclic) bond motifs is 1. The standard InChI is InChI=1S/C32H40N4O9S/c1-7-19-15-32(19,31(40)35-46(41,42)21-9-10-21)34-29(38)23-13-20(16-36(23)30(39)28(37)17(3)4)45-25-14-26(44-8-2)33-27-18(5)24(43-6)12-11-22(25)27/h7,11-12,14,19-21,23,28,37H,1,3,8-10,13,15-16H2,2,4-6H3,(H,34,38)(H,35,40)/t19?,20-,23+,28+,32-/m1/s1. The van der Waals surface area contributed by atoms with Gasteiger partial charge in [0.2, 0.25) is 21.8 Å². The number of nitrogens with zero attached hydrogens (tertiary/aromatic N) is 2. The number of ether oxygens (including phenoxy) is 3. The molecule has 14 heteroatoms. The Hall–Kier alpha value is -4.17. The molecule has 0 bridgehead atoms. The van der Waals surface area contributed by atoms with Crippen molar-refractivity contribution in [3.05, 3.63) is 48.6 Å². The first-order chi connectivity index (χ1) is 21.8. The molecule has 248 valence electrons. The number of sulfonamides is 1. The molecule has 13 nitrogen and oxygen atoms in total.